The number of aryl methyl sites for hydroxylation is 1. The third-order valence-corrected chi connectivity index (χ3v) is 5.13. The number of H-pyrrole nitrogens is 1. The highest BCUT2D eigenvalue weighted by Gasteiger charge is 2.51. The van der Waals surface area contributed by atoms with Gasteiger partial charge in [-0.15, -0.1) is 5.01 Å². The Balaban J connectivity index is 1.90. The molecule has 2 heterocycles. The third kappa shape index (κ3) is 3.41. The van der Waals surface area contributed by atoms with E-state index in [9.17, 15) is 14.4 Å². The number of benzene rings is 1. The topological polar surface area (TPSA) is 104 Å². The lowest BCUT2D eigenvalue weighted by atomic mass is 9.87. The molecule has 2 aromatic rings. The molecule has 3 rings (SSSR count). The molecule has 29 heavy (non-hydrogen) atoms. The molecule has 1 aromatic carbocycles. The van der Waals surface area contributed by atoms with E-state index >= 15 is 0 Å². The maximum Gasteiger partial charge on any atom is 0.346 e. The van der Waals surface area contributed by atoms with E-state index < -0.39 is 23.4 Å². The van der Waals surface area contributed by atoms with E-state index in [2.05, 4.69) is 15.4 Å². The van der Waals surface area contributed by atoms with E-state index in [1.807, 2.05) is 25.1 Å². The fraction of sp³-hybridized carbons (Fsp3) is 0.333. The van der Waals surface area contributed by atoms with Crippen LogP contribution in [0.3, 0.4) is 0 Å². The van der Waals surface area contributed by atoms with Crippen molar-refractivity contribution in [1.82, 2.24) is 15.3 Å². The average Bonchev–Trinajstić information content (AvgIpc) is 3.13. The number of rotatable bonds is 6. The van der Waals surface area contributed by atoms with Gasteiger partial charge in [0.25, 0.3) is 5.91 Å². The second-order valence-electron chi connectivity index (χ2n) is 6.80. The Bertz CT molecular complexity index is 980. The summed E-state index contributed by atoms with van der Waals surface area (Å²) in [5.74, 6) is -0.874. The van der Waals surface area contributed by atoms with Gasteiger partial charge >= 0.3 is 12.0 Å². The van der Waals surface area contributed by atoms with Crippen molar-refractivity contribution in [2.45, 2.75) is 39.7 Å². The number of hydrazone groups is 1. The molecule has 0 aliphatic carbocycles. The maximum atomic E-state index is 13.1. The van der Waals surface area contributed by atoms with Gasteiger partial charge in [0.1, 0.15) is 5.54 Å². The molecule has 0 unspecified atom stereocenters. The zero-order chi connectivity index (χ0) is 21.2. The van der Waals surface area contributed by atoms with E-state index in [0.29, 0.717) is 34.5 Å². The summed E-state index contributed by atoms with van der Waals surface area (Å²) in [6.07, 6.45) is 1.76. The molecule has 0 spiro atoms. The Morgan fingerprint density at radius 2 is 1.90 bits per heavy atom. The number of ether oxygens (including phenoxy) is 1. The van der Waals surface area contributed by atoms with Gasteiger partial charge in [-0.2, -0.15) is 5.10 Å². The van der Waals surface area contributed by atoms with E-state index in [1.165, 1.54) is 6.21 Å². The minimum absolute atomic E-state index is 0.271. The molecule has 8 heteroatoms. The number of carbonyl (C=O) groups excluding carboxylic acids is 3. The number of imide groups is 1. The SMILES string of the molecule is CCOC(=O)c1c(C)[nH]c(/C=N/N2C(=O)N[C@](CC)(c3ccccc3)C2=O)c1C. The van der Waals surface area contributed by atoms with E-state index in [4.69, 9.17) is 4.74 Å². The second-order valence-corrected chi connectivity index (χ2v) is 6.80. The molecule has 0 bridgehead atoms. The van der Waals surface area contributed by atoms with Gasteiger partial charge < -0.3 is 15.0 Å². The number of hydrogen-bond donors (Lipinski definition) is 2. The number of esters is 1. The zero-order valence-corrected chi connectivity index (χ0v) is 16.9. The van der Waals surface area contributed by atoms with Crippen LogP contribution in [0.5, 0.6) is 0 Å². The fourth-order valence-electron chi connectivity index (χ4n) is 3.56. The lowest BCUT2D eigenvalue weighted by Gasteiger charge is -2.24. The number of aromatic nitrogens is 1. The van der Waals surface area contributed by atoms with Gasteiger partial charge in [0.15, 0.2) is 0 Å². The number of urea groups is 1. The summed E-state index contributed by atoms with van der Waals surface area (Å²) in [5, 5.41) is 7.71. The number of nitrogens with one attached hydrogen (secondary N) is 2. The minimum atomic E-state index is -1.15. The molecule has 8 nitrogen and oxygen atoms in total. The molecule has 3 amide bonds. The summed E-state index contributed by atoms with van der Waals surface area (Å²) < 4.78 is 5.07. The van der Waals surface area contributed by atoms with E-state index in [1.54, 1.807) is 32.9 Å². The monoisotopic (exact) mass is 396 g/mol. The van der Waals surface area contributed by atoms with Gasteiger partial charge in [-0.05, 0) is 38.3 Å². The number of hydrogen-bond acceptors (Lipinski definition) is 5. The van der Waals surface area contributed by atoms with Gasteiger partial charge in [-0.25, -0.2) is 9.59 Å². The number of amides is 3. The molecule has 1 aromatic heterocycles. The molecule has 1 aliphatic heterocycles. The predicted molar refractivity (Wildman–Crippen MR) is 108 cm³/mol. The van der Waals surface area contributed by atoms with Gasteiger partial charge in [-0.3, -0.25) is 4.79 Å². The second kappa shape index (κ2) is 7.90. The molecule has 1 aliphatic rings. The van der Waals surface area contributed by atoms with E-state index in [-0.39, 0.29) is 6.61 Å². The van der Waals surface area contributed by atoms with Crippen LogP contribution in [-0.4, -0.2) is 40.7 Å². The Morgan fingerprint density at radius 3 is 2.52 bits per heavy atom. The first kappa shape index (κ1) is 20.3. The molecule has 2 N–H and O–H groups in total. The van der Waals surface area contributed by atoms with Crippen LogP contribution in [0.1, 0.15) is 53.1 Å². The molecule has 152 valence electrons. The van der Waals surface area contributed by atoms with Crippen LogP contribution in [-0.2, 0) is 15.1 Å². The number of nitrogens with zero attached hydrogens (tertiary/aromatic N) is 2. The summed E-state index contributed by atoms with van der Waals surface area (Å²) >= 11 is 0. The summed E-state index contributed by atoms with van der Waals surface area (Å²) in [7, 11) is 0. The van der Waals surface area contributed by atoms with Crippen LogP contribution in [0.25, 0.3) is 0 Å². The normalized spacial score (nSPS) is 19.1. The Labute approximate surface area is 168 Å². The first-order valence-electron chi connectivity index (χ1n) is 9.48. The first-order chi connectivity index (χ1) is 13.9. The highest BCUT2D eigenvalue weighted by molar-refractivity contribution is 6.08. The molecular formula is C21H24N4O4. The van der Waals surface area contributed by atoms with Crippen LogP contribution in [0.2, 0.25) is 0 Å². The minimum Gasteiger partial charge on any atom is -0.462 e. The van der Waals surface area contributed by atoms with Gasteiger partial charge in [-0.1, -0.05) is 37.3 Å². The summed E-state index contributed by atoms with van der Waals surface area (Å²) in [4.78, 5) is 40.8. The Kier molecular flexibility index (Phi) is 5.54. The van der Waals surface area contributed by atoms with Crippen molar-refractivity contribution in [3.8, 4) is 0 Å². The zero-order valence-electron chi connectivity index (χ0n) is 16.9. The van der Waals surface area contributed by atoms with Crippen LogP contribution in [0.15, 0.2) is 35.4 Å². The highest BCUT2D eigenvalue weighted by Crippen LogP contribution is 2.32. The van der Waals surface area contributed by atoms with Crippen molar-refractivity contribution in [3.63, 3.8) is 0 Å². The quantitative estimate of drug-likeness (QED) is 0.445. The Morgan fingerprint density at radius 1 is 1.21 bits per heavy atom. The van der Waals surface area contributed by atoms with Crippen LogP contribution >= 0.6 is 0 Å². The number of aromatic amines is 1. The smallest absolute Gasteiger partial charge is 0.346 e. The van der Waals surface area contributed by atoms with Crippen molar-refractivity contribution in [3.05, 3.63) is 58.4 Å². The average molecular weight is 396 g/mol. The molecule has 1 atom stereocenters. The van der Waals surface area contributed by atoms with Gasteiger partial charge in [0.05, 0.1) is 24.1 Å². The van der Waals surface area contributed by atoms with Gasteiger partial charge in [0, 0.05) is 5.69 Å². The van der Waals surface area contributed by atoms with Crippen LogP contribution in [0, 0.1) is 13.8 Å². The predicted octanol–water partition coefficient (Wildman–Crippen LogP) is 3.00. The third-order valence-electron chi connectivity index (χ3n) is 5.13. The molecule has 1 fully saturated rings. The van der Waals surface area contributed by atoms with E-state index in [0.717, 1.165) is 5.01 Å². The maximum absolute atomic E-state index is 13.1. The molecule has 0 saturated carbocycles. The molecule has 1 saturated heterocycles. The molecular weight excluding hydrogens is 372 g/mol. The summed E-state index contributed by atoms with van der Waals surface area (Å²) in [6.45, 7) is 7.35. The van der Waals surface area contributed by atoms with Crippen molar-refractivity contribution in [2.75, 3.05) is 6.61 Å². The van der Waals surface area contributed by atoms with Crippen molar-refractivity contribution >= 4 is 24.1 Å². The summed E-state index contributed by atoms with van der Waals surface area (Å²) in [5.41, 5.74) is 1.79. The highest BCUT2D eigenvalue weighted by atomic mass is 16.5. The van der Waals surface area contributed by atoms with Crippen molar-refractivity contribution < 1.29 is 19.1 Å². The fourth-order valence-corrected chi connectivity index (χ4v) is 3.56. The van der Waals surface area contributed by atoms with Crippen LogP contribution in [0.4, 0.5) is 4.79 Å². The standard InChI is InChI=1S/C21H24N4O4/c1-5-21(15-10-8-7-9-11-15)19(27)25(20(28)24-21)22-12-16-13(3)17(14(4)23-16)18(26)29-6-2/h7-12,23H,5-6H2,1-4H3,(H,24,28)/b22-12+/t21-/m1/s1. The van der Waals surface area contributed by atoms with Crippen molar-refractivity contribution in [2.24, 2.45) is 5.10 Å². The molecule has 0 radical (unpaired) electrons. The van der Waals surface area contributed by atoms with Crippen LogP contribution < -0.4 is 5.32 Å². The lowest BCUT2D eigenvalue weighted by molar-refractivity contribution is -0.131. The lowest BCUT2D eigenvalue weighted by Crippen LogP contribution is -2.43. The first-order valence-corrected chi connectivity index (χ1v) is 9.48. The summed E-state index contributed by atoms with van der Waals surface area (Å²) in [6, 6.07) is 8.50. The number of carbonyl (C=O) groups is 3. The van der Waals surface area contributed by atoms with Crippen molar-refractivity contribution in [1.29, 1.82) is 0 Å². The Hall–Kier alpha value is -3.42. The largest absolute Gasteiger partial charge is 0.462 e. The van der Waals surface area contributed by atoms with Gasteiger partial charge in [0.2, 0.25) is 0 Å².